The van der Waals surface area contributed by atoms with Gasteiger partial charge in [-0.05, 0) is 42.7 Å². The molecule has 0 fully saturated rings. The standard InChI is InChI=1S/C23H21Cl2N7O2/c1-2-16-21(25)22(30-13-29-16)27-9-7-14-3-6-20(28-12-14)34-18-5-4-15(24)11-17(18)32-10-8-19(26)31-23(32)33/h3-6,8,10-13H,2,7,9H2,1H3,(H2,26,31,33)(H,27,29,30). The highest BCUT2D eigenvalue weighted by Gasteiger charge is 2.12. The van der Waals surface area contributed by atoms with E-state index in [2.05, 4.69) is 25.3 Å². The number of nitrogens with zero attached hydrogens (tertiary/aromatic N) is 5. The zero-order chi connectivity index (χ0) is 24.1. The smallest absolute Gasteiger partial charge is 0.354 e. The van der Waals surface area contributed by atoms with Crippen LogP contribution in [0.25, 0.3) is 5.69 Å². The van der Waals surface area contributed by atoms with Gasteiger partial charge in [-0.1, -0.05) is 36.2 Å². The summed E-state index contributed by atoms with van der Waals surface area (Å²) >= 11 is 12.5. The molecule has 0 atom stereocenters. The first-order chi connectivity index (χ1) is 16.4. The van der Waals surface area contributed by atoms with E-state index in [9.17, 15) is 4.79 Å². The second kappa shape index (κ2) is 10.5. The zero-order valence-electron chi connectivity index (χ0n) is 18.2. The quantitative estimate of drug-likeness (QED) is 0.369. The summed E-state index contributed by atoms with van der Waals surface area (Å²) in [6.45, 7) is 2.61. The van der Waals surface area contributed by atoms with Gasteiger partial charge in [-0.15, -0.1) is 0 Å². The molecule has 0 aliphatic carbocycles. The highest BCUT2D eigenvalue weighted by Crippen LogP contribution is 2.29. The maximum atomic E-state index is 12.3. The van der Waals surface area contributed by atoms with Crippen molar-refractivity contribution in [3.8, 4) is 17.3 Å². The largest absolute Gasteiger partial charge is 0.437 e. The molecule has 0 aliphatic rings. The van der Waals surface area contributed by atoms with Crippen LogP contribution in [0, 0.1) is 0 Å². The Kier molecular flexibility index (Phi) is 7.24. The van der Waals surface area contributed by atoms with Gasteiger partial charge < -0.3 is 15.8 Å². The Labute approximate surface area is 205 Å². The molecule has 3 N–H and O–H groups in total. The van der Waals surface area contributed by atoms with Crippen LogP contribution in [0.5, 0.6) is 11.6 Å². The fourth-order valence-corrected chi connectivity index (χ4v) is 3.66. The molecule has 3 aromatic heterocycles. The van der Waals surface area contributed by atoms with Gasteiger partial charge in [0.15, 0.2) is 5.75 Å². The lowest BCUT2D eigenvalue weighted by atomic mass is 10.2. The van der Waals surface area contributed by atoms with Gasteiger partial charge in [0.05, 0.1) is 11.4 Å². The zero-order valence-corrected chi connectivity index (χ0v) is 19.7. The van der Waals surface area contributed by atoms with E-state index in [0.29, 0.717) is 46.1 Å². The Hall–Kier alpha value is -3.69. The fourth-order valence-electron chi connectivity index (χ4n) is 3.20. The summed E-state index contributed by atoms with van der Waals surface area (Å²) < 4.78 is 7.24. The Morgan fingerprint density at radius 2 is 1.97 bits per heavy atom. The first-order valence-electron chi connectivity index (χ1n) is 10.5. The Bertz CT molecular complexity index is 1360. The molecule has 1 aromatic carbocycles. The minimum Gasteiger partial charge on any atom is -0.437 e. The highest BCUT2D eigenvalue weighted by atomic mass is 35.5. The maximum Gasteiger partial charge on any atom is 0.354 e. The number of rotatable bonds is 8. The van der Waals surface area contributed by atoms with Crippen molar-refractivity contribution in [1.82, 2.24) is 24.5 Å². The highest BCUT2D eigenvalue weighted by molar-refractivity contribution is 6.33. The average Bonchev–Trinajstić information content (AvgIpc) is 2.82. The second-order valence-corrected chi connectivity index (χ2v) is 8.05. The van der Waals surface area contributed by atoms with Crippen molar-refractivity contribution in [2.45, 2.75) is 19.8 Å². The summed E-state index contributed by atoms with van der Waals surface area (Å²) in [7, 11) is 0. The molecule has 4 aromatic rings. The van der Waals surface area contributed by atoms with Crippen molar-refractivity contribution in [2.75, 3.05) is 17.6 Å². The van der Waals surface area contributed by atoms with E-state index in [1.807, 2.05) is 13.0 Å². The van der Waals surface area contributed by atoms with E-state index in [-0.39, 0.29) is 5.82 Å². The summed E-state index contributed by atoms with van der Waals surface area (Å²) in [6, 6.07) is 10.1. The van der Waals surface area contributed by atoms with Crippen LogP contribution in [0.2, 0.25) is 10.0 Å². The second-order valence-electron chi connectivity index (χ2n) is 7.24. The molecule has 9 nitrogen and oxygen atoms in total. The number of aromatic nitrogens is 5. The van der Waals surface area contributed by atoms with Crippen molar-refractivity contribution < 1.29 is 4.74 Å². The molecular weight excluding hydrogens is 477 g/mol. The Morgan fingerprint density at radius 3 is 2.71 bits per heavy atom. The summed E-state index contributed by atoms with van der Waals surface area (Å²) in [4.78, 5) is 28.8. The molecule has 11 heteroatoms. The minimum absolute atomic E-state index is 0.130. The van der Waals surface area contributed by atoms with Crippen LogP contribution >= 0.6 is 23.2 Å². The number of ether oxygens (including phenoxy) is 1. The summed E-state index contributed by atoms with van der Waals surface area (Å²) in [6.07, 6.45) is 6.18. The molecule has 0 amide bonds. The third-order valence-corrected chi connectivity index (χ3v) is 5.55. The molecular formula is C23H21Cl2N7O2. The predicted octanol–water partition coefficient (Wildman–Crippen LogP) is 4.32. The number of nitrogen functional groups attached to an aromatic ring is 1. The number of halogens is 2. The van der Waals surface area contributed by atoms with Crippen LogP contribution in [-0.4, -0.2) is 31.0 Å². The SMILES string of the molecule is CCc1ncnc(NCCc2ccc(Oc3ccc(Cl)cc3-n3ccc(N)nc3=O)nc2)c1Cl. The minimum atomic E-state index is -0.544. The lowest BCUT2D eigenvalue weighted by molar-refractivity contribution is 0.459. The molecule has 0 radical (unpaired) electrons. The van der Waals surface area contributed by atoms with Crippen LogP contribution in [0.15, 0.2) is 59.9 Å². The summed E-state index contributed by atoms with van der Waals surface area (Å²) in [5.74, 6) is 1.50. The monoisotopic (exact) mass is 497 g/mol. The van der Waals surface area contributed by atoms with E-state index in [4.69, 9.17) is 33.7 Å². The summed E-state index contributed by atoms with van der Waals surface area (Å²) in [5, 5.41) is 4.21. The van der Waals surface area contributed by atoms with Gasteiger partial charge in [0.25, 0.3) is 0 Å². The first kappa shape index (κ1) is 23.5. The van der Waals surface area contributed by atoms with Gasteiger partial charge in [-0.2, -0.15) is 4.98 Å². The molecule has 174 valence electrons. The van der Waals surface area contributed by atoms with Crippen LogP contribution in [0.1, 0.15) is 18.2 Å². The number of pyridine rings is 1. The van der Waals surface area contributed by atoms with E-state index in [0.717, 1.165) is 17.7 Å². The van der Waals surface area contributed by atoms with Crippen molar-refractivity contribution in [3.63, 3.8) is 0 Å². The first-order valence-corrected chi connectivity index (χ1v) is 11.2. The normalized spacial score (nSPS) is 10.8. The van der Waals surface area contributed by atoms with Gasteiger partial charge in [-0.3, -0.25) is 4.57 Å². The average molecular weight is 498 g/mol. The number of nitrogens with one attached hydrogen (secondary N) is 1. The third-order valence-electron chi connectivity index (χ3n) is 4.92. The Morgan fingerprint density at radius 1 is 1.12 bits per heavy atom. The van der Waals surface area contributed by atoms with Crippen molar-refractivity contribution in [2.24, 2.45) is 0 Å². The third kappa shape index (κ3) is 5.44. The predicted molar refractivity (Wildman–Crippen MR) is 132 cm³/mol. The van der Waals surface area contributed by atoms with Gasteiger partial charge in [-0.25, -0.2) is 19.7 Å². The van der Waals surface area contributed by atoms with Gasteiger partial charge in [0.2, 0.25) is 5.88 Å². The van der Waals surface area contributed by atoms with Crippen LogP contribution in [0.4, 0.5) is 11.6 Å². The Balaban J connectivity index is 1.45. The van der Waals surface area contributed by atoms with Crippen molar-refractivity contribution >= 4 is 34.8 Å². The number of nitrogens with two attached hydrogens (primary N) is 1. The van der Waals surface area contributed by atoms with Crippen LogP contribution < -0.4 is 21.5 Å². The number of benzene rings is 1. The number of anilines is 2. The van der Waals surface area contributed by atoms with Gasteiger partial charge in [0, 0.05) is 30.0 Å². The van der Waals surface area contributed by atoms with Crippen molar-refractivity contribution in [3.05, 3.63) is 86.9 Å². The fraction of sp³-hybridized carbons (Fsp3) is 0.174. The van der Waals surface area contributed by atoms with E-state index < -0.39 is 5.69 Å². The number of aryl methyl sites for hydroxylation is 1. The van der Waals surface area contributed by atoms with E-state index in [1.54, 1.807) is 30.5 Å². The molecule has 3 heterocycles. The maximum absolute atomic E-state index is 12.3. The molecule has 0 saturated heterocycles. The van der Waals surface area contributed by atoms with Gasteiger partial charge >= 0.3 is 5.69 Å². The lowest BCUT2D eigenvalue weighted by Gasteiger charge is -2.13. The lowest BCUT2D eigenvalue weighted by Crippen LogP contribution is -2.22. The number of hydrogen-bond donors (Lipinski definition) is 2. The molecule has 0 aliphatic heterocycles. The van der Waals surface area contributed by atoms with E-state index >= 15 is 0 Å². The van der Waals surface area contributed by atoms with Crippen LogP contribution in [0.3, 0.4) is 0 Å². The molecule has 0 spiro atoms. The molecule has 4 rings (SSSR count). The number of hydrogen-bond acceptors (Lipinski definition) is 8. The summed E-state index contributed by atoms with van der Waals surface area (Å²) in [5.41, 5.74) is 7.27. The topological polar surface area (TPSA) is 121 Å². The van der Waals surface area contributed by atoms with Gasteiger partial charge in [0.1, 0.15) is 23.0 Å². The van der Waals surface area contributed by atoms with Crippen molar-refractivity contribution in [1.29, 1.82) is 0 Å². The molecule has 34 heavy (non-hydrogen) atoms. The van der Waals surface area contributed by atoms with Crippen LogP contribution in [-0.2, 0) is 12.8 Å². The molecule has 0 bridgehead atoms. The molecule has 0 unspecified atom stereocenters. The van der Waals surface area contributed by atoms with E-state index in [1.165, 1.54) is 23.2 Å². The molecule has 0 saturated carbocycles.